The van der Waals surface area contributed by atoms with Crippen LogP contribution in [0.2, 0.25) is 0 Å². The minimum absolute atomic E-state index is 0.0244. The predicted octanol–water partition coefficient (Wildman–Crippen LogP) is 1.71. The van der Waals surface area contributed by atoms with E-state index in [1.165, 1.54) is 0 Å². The SMILES string of the molecule is CC(C)(C)SC(C)(C)[C@H](N)C(=O)O. The minimum Gasteiger partial charge on any atom is -0.480 e. The number of carbonyl (C=O) groups is 1. The van der Waals surface area contributed by atoms with Gasteiger partial charge in [-0.3, -0.25) is 4.79 Å². The maximum absolute atomic E-state index is 10.7. The number of carboxylic acids is 1. The minimum atomic E-state index is -0.943. The van der Waals surface area contributed by atoms with Crippen molar-refractivity contribution in [3.63, 3.8) is 0 Å². The third-order valence-electron chi connectivity index (χ3n) is 1.58. The number of thioether (sulfide) groups is 1. The summed E-state index contributed by atoms with van der Waals surface area (Å²) in [6.07, 6.45) is 0. The normalized spacial score (nSPS) is 15.5. The lowest BCUT2D eigenvalue weighted by molar-refractivity contribution is -0.139. The number of hydrogen-bond donors (Lipinski definition) is 2. The highest BCUT2D eigenvalue weighted by molar-refractivity contribution is 8.02. The molecule has 0 aromatic rings. The maximum atomic E-state index is 10.7. The Hall–Kier alpha value is -0.220. The molecule has 0 amide bonds. The summed E-state index contributed by atoms with van der Waals surface area (Å²) >= 11 is 1.59. The summed E-state index contributed by atoms with van der Waals surface area (Å²) in [7, 11) is 0. The molecular weight excluding hydrogens is 186 g/mol. The first-order valence-corrected chi connectivity index (χ1v) is 5.06. The summed E-state index contributed by atoms with van der Waals surface area (Å²) in [6, 6.07) is -0.822. The van der Waals surface area contributed by atoms with Crippen LogP contribution in [0.4, 0.5) is 0 Å². The summed E-state index contributed by atoms with van der Waals surface area (Å²) < 4.78 is -0.416. The Kier molecular flexibility index (Phi) is 3.82. The van der Waals surface area contributed by atoms with E-state index >= 15 is 0 Å². The molecule has 0 spiro atoms. The second-order valence-corrected chi connectivity index (χ2v) is 7.11. The molecule has 0 fully saturated rings. The van der Waals surface area contributed by atoms with Crippen molar-refractivity contribution >= 4 is 17.7 Å². The van der Waals surface area contributed by atoms with Crippen LogP contribution in [-0.4, -0.2) is 26.6 Å². The van der Waals surface area contributed by atoms with E-state index in [0.717, 1.165) is 0 Å². The molecule has 0 radical (unpaired) electrons. The van der Waals surface area contributed by atoms with E-state index in [9.17, 15) is 4.79 Å². The summed E-state index contributed by atoms with van der Waals surface area (Å²) in [5, 5.41) is 8.78. The van der Waals surface area contributed by atoms with E-state index in [0.29, 0.717) is 0 Å². The molecule has 0 aromatic carbocycles. The van der Waals surface area contributed by atoms with Crippen LogP contribution in [-0.2, 0) is 4.79 Å². The van der Waals surface area contributed by atoms with Gasteiger partial charge in [0.1, 0.15) is 6.04 Å². The fourth-order valence-electron chi connectivity index (χ4n) is 1.15. The van der Waals surface area contributed by atoms with E-state index < -0.39 is 16.8 Å². The molecule has 0 aliphatic carbocycles. The van der Waals surface area contributed by atoms with Gasteiger partial charge in [0, 0.05) is 9.49 Å². The third kappa shape index (κ3) is 4.52. The Balaban J connectivity index is 4.48. The van der Waals surface area contributed by atoms with Crippen molar-refractivity contribution < 1.29 is 9.90 Å². The number of aliphatic carboxylic acids is 1. The Labute approximate surface area is 84.1 Å². The Morgan fingerprint density at radius 3 is 1.92 bits per heavy atom. The van der Waals surface area contributed by atoms with Gasteiger partial charge in [-0.25, -0.2) is 0 Å². The Morgan fingerprint density at radius 1 is 1.31 bits per heavy atom. The van der Waals surface area contributed by atoms with E-state index in [-0.39, 0.29) is 4.75 Å². The highest BCUT2D eigenvalue weighted by Gasteiger charge is 2.36. The van der Waals surface area contributed by atoms with Crippen molar-refractivity contribution in [1.29, 1.82) is 0 Å². The zero-order valence-corrected chi connectivity index (χ0v) is 9.73. The molecule has 0 saturated carbocycles. The molecule has 0 aliphatic rings. The largest absolute Gasteiger partial charge is 0.480 e. The van der Waals surface area contributed by atoms with Crippen molar-refractivity contribution in [2.24, 2.45) is 5.73 Å². The lowest BCUT2D eigenvalue weighted by Gasteiger charge is -2.34. The van der Waals surface area contributed by atoms with Crippen LogP contribution >= 0.6 is 11.8 Å². The molecular formula is C9H19NO2S. The predicted molar refractivity (Wildman–Crippen MR) is 57.0 cm³/mol. The average Bonchev–Trinajstić information content (AvgIpc) is 1.80. The molecule has 0 unspecified atom stereocenters. The van der Waals surface area contributed by atoms with Crippen LogP contribution in [0.25, 0.3) is 0 Å². The van der Waals surface area contributed by atoms with Gasteiger partial charge < -0.3 is 10.8 Å². The molecule has 78 valence electrons. The summed E-state index contributed by atoms with van der Waals surface area (Å²) in [6.45, 7) is 9.87. The molecule has 13 heavy (non-hydrogen) atoms. The standard InChI is InChI=1S/C9H19NO2S/c1-8(2,3)13-9(4,5)6(10)7(11)12/h6H,10H2,1-5H3,(H,11,12)/t6-/m1/s1. The van der Waals surface area contributed by atoms with E-state index in [2.05, 4.69) is 0 Å². The lowest BCUT2D eigenvalue weighted by Crippen LogP contribution is -2.48. The number of carboxylic acid groups (broad SMARTS) is 1. The molecule has 0 rings (SSSR count). The lowest BCUT2D eigenvalue weighted by atomic mass is 10.1. The van der Waals surface area contributed by atoms with Crippen LogP contribution in [0.3, 0.4) is 0 Å². The number of nitrogens with two attached hydrogens (primary N) is 1. The third-order valence-corrected chi connectivity index (χ3v) is 2.98. The van der Waals surface area contributed by atoms with Crippen molar-refractivity contribution in [3.8, 4) is 0 Å². The monoisotopic (exact) mass is 205 g/mol. The molecule has 0 heterocycles. The van der Waals surface area contributed by atoms with Crippen molar-refractivity contribution in [2.45, 2.75) is 50.2 Å². The smallest absolute Gasteiger partial charge is 0.321 e. The van der Waals surface area contributed by atoms with Gasteiger partial charge in [-0.15, -0.1) is 11.8 Å². The zero-order chi connectivity index (χ0) is 10.9. The summed E-state index contributed by atoms with van der Waals surface area (Å²) in [4.78, 5) is 10.7. The average molecular weight is 205 g/mol. The van der Waals surface area contributed by atoms with E-state index in [1.807, 2.05) is 34.6 Å². The van der Waals surface area contributed by atoms with Gasteiger partial charge in [0.15, 0.2) is 0 Å². The van der Waals surface area contributed by atoms with Gasteiger partial charge in [-0.2, -0.15) is 0 Å². The van der Waals surface area contributed by atoms with E-state index in [1.54, 1.807) is 11.8 Å². The molecule has 0 aliphatic heterocycles. The molecule has 4 heteroatoms. The highest BCUT2D eigenvalue weighted by atomic mass is 32.2. The molecule has 0 saturated heterocycles. The first kappa shape index (κ1) is 12.8. The zero-order valence-electron chi connectivity index (χ0n) is 8.92. The van der Waals surface area contributed by atoms with Crippen LogP contribution in [0, 0.1) is 0 Å². The fraction of sp³-hybridized carbons (Fsp3) is 0.889. The van der Waals surface area contributed by atoms with Gasteiger partial charge in [0.2, 0.25) is 0 Å². The molecule has 3 N–H and O–H groups in total. The van der Waals surface area contributed by atoms with Gasteiger partial charge in [0.25, 0.3) is 0 Å². The van der Waals surface area contributed by atoms with Crippen LogP contribution in [0.1, 0.15) is 34.6 Å². The first-order chi connectivity index (χ1) is 5.56. The quantitative estimate of drug-likeness (QED) is 0.736. The summed E-state index contributed by atoms with van der Waals surface area (Å²) in [5.74, 6) is -0.943. The van der Waals surface area contributed by atoms with Crippen LogP contribution in [0.15, 0.2) is 0 Å². The molecule has 1 atom stereocenters. The second kappa shape index (κ2) is 3.88. The maximum Gasteiger partial charge on any atom is 0.321 e. The van der Waals surface area contributed by atoms with Crippen LogP contribution in [0.5, 0.6) is 0 Å². The second-order valence-electron chi connectivity index (χ2n) is 4.63. The van der Waals surface area contributed by atoms with Gasteiger partial charge >= 0.3 is 5.97 Å². The first-order valence-electron chi connectivity index (χ1n) is 4.25. The fourth-order valence-corrected chi connectivity index (χ4v) is 2.96. The van der Waals surface area contributed by atoms with Crippen LogP contribution < -0.4 is 5.73 Å². The molecule has 0 aromatic heterocycles. The van der Waals surface area contributed by atoms with Crippen molar-refractivity contribution in [1.82, 2.24) is 0 Å². The Morgan fingerprint density at radius 2 is 1.69 bits per heavy atom. The Bertz CT molecular complexity index is 196. The topological polar surface area (TPSA) is 63.3 Å². The van der Waals surface area contributed by atoms with Crippen molar-refractivity contribution in [2.75, 3.05) is 0 Å². The highest BCUT2D eigenvalue weighted by Crippen LogP contribution is 2.37. The summed E-state index contributed by atoms with van der Waals surface area (Å²) in [5.41, 5.74) is 5.58. The number of hydrogen-bond acceptors (Lipinski definition) is 3. The van der Waals surface area contributed by atoms with Gasteiger partial charge in [0.05, 0.1) is 0 Å². The molecule has 0 bridgehead atoms. The van der Waals surface area contributed by atoms with Gasteiger partial charge in [-0.1, -0.05) is 20.8 Å². The van der Waals surface area contributed by atoms with Gasteiger partial charge in [-0.05, 0) is 13.8 Å². The van der Waals surface area contributed by atoms with Crippen molar-refractivity contribution in [3.05, 3.63) is 0 Å². The van der Waals surface area contributed by atoms with E-state index in [4.69, 9.17) is 10.8 Å². The molecule has 3 nitrogen and oxygen atoms in total. The number of rotatable bonds is 3.